The van der Waals surface area contributed by atoms with Crippen molar-refractivity contribution in [1.82, 2.24) is 5.32 Å². The molecule has 0 saturated carbocycles. The first-order valence-electron chi connectivity index (χ1n) is 4.99. The Balaban J connectivity index is 2.28. The Labute approximate surface area is 90.5 Å². The Bertz CT molecular complexity index is 386. The van der Waals surface area contributed by atoms with E-state index in [0.717, 1.165) is 17.7 Å². The van der Waals surface area contributed by atoms with Crippen molar-refractivity contribution in [2.24, 2.45) is 0 Å². The van der Waals surface area contributed by atoms with Gasteiger partial charge in [0.2, 0.25) is 0 Å². The van der Waals surface area contributed by atoms with Crippen molar-refractivity contribution in [1.29, 1.82) is 0 Å². The first kappa shape index (κ1) is 11.4. The summed E-state index contributed by atoms with van der Waals surface area (Å²) in [4.78, 5) is 0. The fourth-order valence-electron chi connectivity index (χ4n) is 1.87. The summed E-state index contributed by atoms with van der Waals surface area (Å²) in [5.41, 5.74) is 0.765. The number of benzene rings is 1. The van der Waals surface area contributed by atoms with E-state index in [0.29, 0.717) is 18.5 Å². The SMILES string of the molecule is FC[C@@H]1Cc2ccc(C(F)(F)F)cc2CN1. The molecule has 0 fully saturated rings. The molecule has 1 atom stereocenters. The van der Waals surface area contributed by atoms with Crippen LogP contribution >= 0.6 is 0 Å². The predicted octanol–water partition coefficient (Wildman–Crippen LogP) is 2.69. The molecule has 1 N–H and O–H groups in total. The van der Waals surface area contributed by atoms with Gasteiger partial charge in [-0.1, -0.05) is 6.07 Å². The van der Waals surface area contributed by atoms with Crippen LogP contribution < -0.4 is 5.32 Å². The zero-order valence-corrected chi connectivity index (χ0v) is 8.44. The highest BCUT2D eigenvalue weighted by atomic mass is 19.4. The smallest absolute Gasteiger partial charge is 0.307 e. The molecule has 0 amide bonds. The van der Waals surface area contributed by atoms with Crippen LogP contribution in [0, 0.1) is 0 Å². The largest absolute Gasteiger partial charge is 0.416 e. The lowest BCUT2D eigenvalue weighted by Crippen LogP contribution is -2.37. The topological polar surface area (TPSA) is 12.0 Å². The quantitative estimate of drug-likeness (QED) is 0.735. The van der Waals surface area contributed by atoms with Gasteiger partial charge in [0.05, 0.1) is 5.56 Å². The molecule has 0 spiro atoms. The summed E-state index contributed by atoms with van der Waals surface area (Å²) in [6.45, 7) is -0.200. The molecule has 1 nitrogen and oxygen atoms in total. The second-order valence-electron chi connectivity index (χ2n) is 3.92. The molecule has 0 aliphatic carbocycles. The average molecular weight is 233 g/mol. The summed E-state index contributed by atoms with van der Waals surface area (Å²) in [6.07, 6.45) is -3.87. The fraction of sp³-hybridized carbons (Fsp3) is 0.455. The van der Waals surface area contributed by atoms with Gasteiger partial charge in [-0.2, -0.15) is 13.2 Å². The van der Waals surface area contributed by atoms with Crippen LogP contribution in [0.15, 0.2) is 18.2 Å². The maximum absolute atomic E-state index is 12.4. The molecule has 16 heavy (non-hydrogen) atoms. The summed E-state index contributed by atoms with van der Waals surface area (Å²) in [7, 11) is 0. The lowest BCUT2D eigenvalue weighted by Gasteiger charge is -2.24. The Morgan fingerprint density at radius 3 is 2.62 bits per heavy atom. The summed E-state index contributed by atoms with van der Waals surface area (Å²) < 4.78 is 49.7. The van der Waals surface area contributed by atoms with Gasteiger partial charge in [-0.05, 0) is 29.7 Å². The van der Waals surface area contributed by atoms with Crippen LogP contribution in [0.2, 0.25) is 0 Å². The normalized spacial score (nSPS) is 20.6. The number of hydrogen-bond donors (Lipinski definition) is 1. The van der Waals surface area contributed by atoms with E-state index in [1.165, 1.54) is 6.07 Å². The Hall–Kier alpha value is -1.10. The van der Waals surface area contributed by atoms with Gasteiger partial charge in [-0.15, -0.1) is 0 Å². The predicted molar refractivity (Wildman–Crippen MR) is 51.8 cm³/mol. The van der Waals surface area contributed by atoms with Crippen molar-refractivity contribution < 1.29 is 17.6 Å². The van der Waals surface area contributed by atoms with Crippen molar-refractivity contribution in [3.05, 3.63) is 34.9 Å². The van der Waals surface area contributed by atoms with Gasteiger partial charge in [0.25, 0.3) is 0 Å². The molecule has 1 aliphatic heterocycles. The highest BCUT2D eigenvalue weighted by Gasteiger charge is 2.31. The Morgan fingerprint density at radius 1 is 1.25 bits per heavy atom. The summed E-state index contributed by atoms with van der Waals surface area (Å²) in [5.74, 6) is 0. The molecule has 0 unspecified atom stereocenters. The molecule has 0 aromatic heterocycles. The first-order valence-corrected chi connectivity index (χ1v) is 4.99. The van der Waals surface area contributed by atoms with Crippen LogP contribution in [-0.4, -0.2) is 12.7 Å². The minimum absolute atomic E-state index is 0.274. The zero-order valence-electron chi connectivity index (χ0n) is 8.44. The van der Waals surface area contributed by atoms with Crippen LogP contribution in [0.1, 0.15) is 16.7 Å². The van der Waals surface area contributed by atoms with Gasteiger partial charge in [0.15, 0.2) is 0 Å². The molecular formula is C11H11F4N. The van der Waals surface area contributed by atoms with E-state index >= 15 is 0 Å². The number of nitrogens with one attached hydrogen (secondary N) is 1. The van der Waals surface area contributed by atoms with Crippen molar-refractivity contribution in [3.63, 3.8) is 0 Å². The maximum atomic E-state index is 12.4. The van der Waals surface area contributed by atoms with E-state index in [4.69, 9.17) is 0 Å². The maximum Gasteiger partial charge on any atom is 0.416 e. The summed E-state index contributed by atoms with van der Waals surface area (Å²) >= 11 is 0. The minimum Gasteiger partial charge on any atom is -0.307 e. The molecule has 0 radical (unpaired) electrons. The van der Waals surface area contributed by atoms with Gasteiger partial charge < -0.3 is 5.32 Å². The van der Waals surface area contributed by atoms with Crippen molar-refractivity contribution in [2.75, 3.05) is 6.67 Å². The van der Waals surface area contributed by atoms with Crippen molar-refractivity contribution >= 4 is 0 Å². The molecule has 1 aromatic rings. The van der Waals surface area contributed by atoms with Crippen LogP contribution in [0.25, 0.3) is 0 Å². The lowest BCUT2D eigenvalue weighted by molar-refractivity contribution is -0.137. The van der Waals surface area contributed by atoms with Crippen LogP contribution in [-0.2, 0) is 19.1 Å². The summed E-state index contributed by atoms with van der Waals surface area (Å²) in [5, 5.41) is 2.86. The summed E-state index contributed by atoms with van der Waals surface area (Å²) in [6, 6.07) is 3.36. The monoisotopic (exact) mass is 233 g/mol. The van der Waals surface area contributed by atoms with E-state index in [1.54, 1.807) is 0 Å². The Morgan fingerprint density at radius 2 is 2.00 bits per heavy atom. The van der Waals surface area contributed by atoms with Crippen LogP contribution in [0.4, 0.5) is 17.6 Å². The molecule has 1 heterocycles. The van der Waals surface area contributed by atoms with E-state index < -0.39 is 18.4 Å². The van der Waals surface area contributed by atoms with Gasteiger partial charge >= 0.3 is 6.18 Å². The highest BCUT2D eigenvalue weighted by molar-refractivity contribution is 5.35. The molecule has 2 rings (SSSR count). The van der Waals surface area contributed by atoms with Crippen molar-refractivity contribution in [2.45, 2.75) is 25.2 Å². The van der Waals surface area contributed by atoms with E-state index in [-0.39, 0.29) is 6.04 Å². The molecule has 0 bridgehead atoms. The Kier molecular flexibility index (Phi) is 2.88. The third-order valence-electron chi connectivity index (χ3n) is 2.77. The van der Waals surface area contributed by atoms with Gasteiger partial charge in [0, 0.05) is 12.6 Å². The number of hydrogen-bond acceptors (Lipinski definition) is 1. The van der Waals surface area contributed by atoms with Gasteiger partial charge in [-0.3, -0.25) is 0 Å². The standard InChI is InChI=1S/C11H11F4N/c12-5-10-4-7-1-2-9(11(13,14)15)3-8(7)6-16-10/h1-3,10,16H,4-6H2/t10-/m0/s1. The molecule has 0 saturated heterocycles. The van der Waals surface area contributed by atoms with E-state index in [9.17, 15) is 17.6 Å². The second kappa shape index (κ2) is 4.05. The average Bonchev–Trinajstić information content (AvgIpc) is 2.26. The molecule has 5 heteroatoms. The fourth-order valence-corrected chi connectivity index (χ4v) is 1.87. The van der Waals surface area contributed by atoms with E-state index in [2.05, 4.69) is 5.32 Å². The van der Waals surface area contributed by atoms with E-state index in [1.807, 2.05) is 0 Å². The zero-order chi connectivity index (χ0) is 11.8. The van der Waals surface area contributed by atoms with Crippen molar-refractivity contribution in [3.8, 4) is 0 Å². The van der Waals surface area contributed by atoms with Crippen LogP contribution in [0.5, 0.6) is 0 Å². The minimum atomic E-state index is -4.31. The van der Waals surface area contributed by atoms with Crippen LogP contribution in [0.3, 0.4) is 0 Å². The number of fused-ring (bicyclic) bond motifs is 1. The number of alkyl halides is 4. The molecular weight excluding hydrogens is 222 g/mol. The molecule has 1 aromatic carbocycles. The van der Waals surface area contributed by atoms with Gasteiger partial charge in [0.1, 0.15) is 6.67 Å². The third-order valence-corrected chi connectivity index (χ3v) is 2.77. The number of halogens is 4. The van der Waals surface area contributed by atoms with Gasteiger partial charge in [-0.25, -0.2) is 4.39 Å². The lowest BCUT2D eigenvalue weighted by atomic mass is 9.94. The molecule has 1 aliphatic rings. The number of rotatable bonds is 1. The second-order valence-corrected chi connectivity index (χ2v) is 3.92. The molecule has 88 valence electrons. The third kappa shape index (κ3) is 2.19. The highest BCUT2D eigenvalue weighted by Crippen LogP contribution is 2.31. The first-order chi connectivity index (χ1) is 7.50.